The number of fused-ring (bicyclic) bond motifs is 2. The summed E-state index contributed by atoms with van der Waals surface area (Å²) in [6, 6.07) is 30.7. The van der Waals surface area contributed by atoms with Crippen LogP contribution in [0.3, 0.4) is 0 Å². The average Bonchev–Trinajstić information content (AvgIpc) is 4.43. The van der Waals surface area contributed by atoms with E-state index in [-0.39, 0.29) is 11.7 Å². The van der Waals surface area contributed by atoms with E-state index in [9.17, 15) is 35.9 Å². The largest absolute Gasteiger partial charge is 0.490 e. The van der Waals surface area contributed by atoms with Crippen LogP contribution in [-0.4, -0.2) is 137 Å². The number of rotatable bonds is 13. The predicted octanol–water partition coefficient (Wildman–Crippen LogP) is 8.61. The summed E-state index contributed by atoms with van der Waals surface area (Å²) in [6.07, 6.45) is -6.37. The molecule has 0 unspecified atom stereocenters. The molecule has 0 aliphatic heterocycles. The number of aromatic amines is 2. The minimum Gasteiger partial charge on any atom is -0.475 e. The summed E-state index contributed by atoms with van der Waals surface area (Å²) in [7, 11) is 5.14. The van der Waals surface area contributed by atoms with E-state index in [1.54, 1.807) is 51.7 Å². The second kappa shape index (κ2) is 25.3. The number of aryl methyl sites for hydroxylation is 2. The highest BCUT2D eigenvalue weighted by atomic mass is 19.4. The van der Waals surface area contributed by atoms with Crippen molar-refractivity contribution in [1.82, 2.24) is 74.7 Å². The van der Waals surface area contributed by atoms with Gasteiger partial charge in [-0.05, 0) is 72.5 Å². The molecule has 10 rings (SSSR count). The van der Waals surface area contributed by atoms with Gasteiger partial charge in [0, 0.05) is 50.8 Å². The molecule has 4 aromatic carbocycles. The van der Waals surface area contributed by atoms with E-state index in [0.717, 1.165) is 44.3 Å². The highest BCUT2D eigenvalue weighted by molar-refractivity contribution is 5.97. The number of anilines is 6. The van der Waals surface area contributed by atoms with Gasteiger partial charge >= 0.3 is 24.3 Å². The smallest absolute Gasteiger partial charge is 0.475 e. The molecule has 0 fully saturated rings. The summed E-state index contributed by atoms with van der Waals surface area (Å²) in [5, 5.41) is 43.1. The second-order valence-electron chi connectivity index (χ2n) is 16.8. The number of hydrogen-bond acceptors (Lipinski definition) is 18. The van der Waals surface area contributed by atoms with Gasteiger partial charge in [0.25, 0.3) is 5.91 Å². The fourth-order valence-corrected chi connectivity index (χ4v) is 7.35. The van der Waals surface area contributed by atoms with E-state index in [1.807, 2.05) is 109 Å². The van der Waals surface area contributed by atoms with E-state index in [4.69, 9.17) is 29.8 Å². The first-order chi connectivity index (χ1) is 39.0. The van der Waals surface area contributed by atoms with Crippen molar-refractivity contribution in [2.24, 2.45) is 0 Å². The molecule has 0 spiro atoms. The van der Waals surface area contributed by atoms with Gasteiger partial charge in [0.15, 0.2) is 5.78 Å². The van der Waals surface area contributed by atoms with Crippen molar-refractivity contribution in [2.75, 3.05) is 42.4 Å². The quantitative estimate of drug-likeness (QED) is 0.0385. The molecule has 9 N–H and O–H groups in total. The number of benzene rings is 4. The number of nitrogens with one attached hydrogen (secondary N) is 7. The molecule has 0 saturated carbocycles. The fourth-order valence-electron chi connectivity index (χ4n) is 7.35. The van der Waals surface area contributed by atoms with Crippen LogP contribution < -0.4 is 26.6 Å². The number of carbonyl (C=O) groups excluding carboxylic acids is 2. The zero-order valence-electron chi connectivity index (χ0n) is 43.8. The summed E-state index contributed by atoms with van der Waals surface area (Å²) < 4.78 is 67.2. The maximum absolute atomic E-state index is 12.0. The van der Waals surface area contributed by atoms with Crippen LogP contribution in [0.5, 0.6) is 0 Å². The predicted molar refractivity (Wildman–Crippen MR) is 287 cm³/mol. The number of H-pyrrole nitrogens is 2. The number of hydrogen-bond donors (Lipinski definition) is 9. The number of halogens is 6. The van der Waals surface area contributed by atoms with Crippen LogP contribution in [0.1, 0.15) is 45.7 Å². The van der Waals surface area contributed by atoms with Crippen molar-refractivity contribution in [3.05, 3.63) is 132 Å². The van der Waals surface area contributed by atoms with Crippen molar-refractivity contribution in [3.63, 3.8) is 0 Å². The van der Waals surface area contributed by atoms with Gasteiger partial charge in [0.2, 0.25) is 35.7 Å². The van der Waals surface area contributed by atoms with Gasteiger partial charge < -0.3 is 36.8 Å². The number of carbonyl (C=O) groups is 4. The number of Topliss-reactive ketones (excluding diaryl/α,β-unsaturated/α-hetero) is 1. The minimum atomic E-state index is -5.08. The van der Waals surface area contributed by atoms with E-state index in [1.165, 1.54) is 0 Å². The van der Waals surface area contributed by atoms with E-state index < -0.39 is 24.3 Å². The number of ketones is 1. The van der Waals surface area contributed by atoms with E-state index >= 15 is 0 Å². The summed E-state index contributed by atoms with van der Waals surface area (Å²) in [5.41, 5.74) is 8.40. The van der Waals surface area contributed by atoms with Gasteiger partial charge in [0.05, 0.1) is 34.5 Å². The Morgan fingerprint density at radius 3 is 1.38 bits per heavy atom. The topological polar surface area (TPSA) is 339 Å². The molecule has 0 atom stereocenters. The second-order valence-corrected chi connectivity index (χ2v) is 16.8. The molecule has 0 aliphatic carbocycles. The number of nitrogens with zero attached hydrogens (tertiary/aromatic N) is 12. The first-order valence-electron chi connectivity index (χ1n) is 24.0. The number of aliphatic carboxylic acids is 2. The van der Waals surface area contributed by atoms with Crippen molar-refractivity contribution < 1.29 is 55.7 Å². The third-order valence-electron chi connectivity index (χ3n) is 11.2. The SMILES string of the molecule is CCC(=O)c1ccc(-c2ccc3nc(Nc4ccn[nH]4)n(-c4nc(C)nc(NC)n4)c3c2)cc1.CNC(=O)c1ccc(-c2ccc3c(c2)nc(Nc2ccn[nH]2)n3-c2nc(C)nc(NC)n2)cc1.O=C(O)C(F)(F)F.O=C(O)C(F)(F)F. The molecular weight excluding hydrogens is 1090 g/mol. The fraction of sp³-hybridized carbons (Fsp3) is 0.176. The molecule has 0 radical (unpaired) electrons. The highest BCUT2D eigenvalue weighted by Gasteiger charge is 2.39. The monoisotopic (exact) mass is 1140 g/mol. The van der Waals surface area contributed by atoms with Crippen molar-refractivity contribution >= 4 is 81.1 Å². The Hall–Kier alpha value is -10.9. The normalized spacial score (nSPS) is 11.0. The molecule has 31 heteroatoms. The first kappa shape index (κ1) is 58.8. The summed E-state index contributed by atoms with van der Waals surface area (Å²) in [6.45, 7) is 5.49. The van der Waals surface area contributed by atoms with Crippen LogP contribution in [-0.2, 0) is 9.59 Å². The molecule has 424 valence electrons. The number of carboxylic acid groups (broad SMARTS) is 2. The first-order valence-corrected chi connectivity index (χ1v) is 24.0. The molecule has 1 amide bonds. The lowest BCUT2D eigenvalue weighted by Crippen LogP contribution is -2.21. The molecule has 6 aromatic heterocycles. The Labute approximate surface area is 458 Å². The standard InChI is InChI=1S/C24H23N9O.C23H22N10O.2C2HF3O2/c1-4-20(34)16-7-5-15(6-8-16)17-9-10-18-19(13-17)33(23-28-14(2)27-22(25-3)31-23)24(29-18)30-21-11-12-26-32-21;1-13-27-21(25-3)31-22(28-13)33-18-9-8-16(14-4-6-15(7-5-14)20(34)24-2)12-17(18)29-23(33)30-19-10-11-26-32-19;2*3-2(4,5)1(6)7/h5-13H,4H2,1-3H3,(H,25,27,28,31)(H2,26,29,30,32);4-12H,1-3H3,(H,24,34)(H,25,27,28,31)(H2,26,29,30,32);2*(H,6,7). The lowest BCUT2D eigenvalue weighted by Gasteiger charge is -2.10. The van der Waals surface area contributed by atoms with Gasteiger partial charge in [-0.3, -0.25) is 19.8 Å². The Morgan fingerprint density at radius 2 is 0.951 bits per heavy atom. The van der Waals surface area contributed by atoms with Crippen LogP contribution >= 0.6 is 0 Å². The molecule has 10 aromatic rings. The molecule has 6 heterocycles. The van der Waals surface area contributed by atoms with Crippen molar-refractivity contribution in [2.45, 2.75) is 39.5 Å². The van der Waals surface area contributed by atoms with Gasteiger partial charge in [-0.25, -0.2) is 28.7 Å². The minimum absolute atomic E-state index is 0.121. The maximum Gasteiger partial charge on any atom is 0.490 e. The number of carboxylic acids is 2. The zero-order chi connectivity index (χ0) is 59.5. The van der Waals surface area contributed by atoms with Crippen LogP contribution in [0, 0.1) is 13.8 Å². The third kappa shape index (κ3) is 14.4. The van der Waals surface area contributed by atoms with Gasteiger partial charge in [-0.1, -0.05) is 55.5 Å². The van der Waals surface area contributed by atoms with Crippen LogP contribution in [0.2, 0.25) is 0 Å². The van der Waals surface area contributed by atoms with Gasteiger partial charge in [-0.2, -0.15) is 66.4 Å². The summed E-state index contributed by atoms with van der Waals surface area (Å²) in [5.74, 6) is -0.127. The van der Waals surface area contributed by atoms with Gasteiger partial charge in [-0.15, -0.1) is 0 Å². The van der Waals surface area contributed by atoms with E-state index in [0.29, 0.717) is 76.5 Å². The molecule has 0 aliphatic rings. The Morgan fingerprint density at radius 1 is 0.524 bits per heavy atom. The number of amides is 1. The van der Waals surface area contributed by atoms with Gasteiger partial charge in [0.1, 0.15) is 23.3 Å². The van der Waals surface area contributed by atoms with Crippen LogP contribution in [0.15, 0.2) is 109 Å². The van der Waals surface area contributed by atoms with Crippen molar-refractivity contribution in [3.8, 4) is 34.2 Å². The Kier molecular flexibility index (Phi) is 18.1. The zero-order valence-corrected chi connectivity index (χ0v) is 43.8. The lowest BCUT2D eigenvalue weighted by molar-refractivity contribution is -0.193. The highest BCUT2D eigenvalue weighted by Crippen LogP contribution is 2.32. The van der Waals surface area contributed by atoms with Crippen molar-refractivity contribution in [1.29, 1.82) is 0 Å². The summed E-state index contributed by atoms with van der Waals surface area (Å²) >= 11 is 0. The molecular formula is C51H47F6N19O6. The molecule has 25 nitrogen and oxygen atoms in total. The summed E-state index contributed by atoms with van der Waals surface area (Å²) in [4.78, 5) is 78.0. The van der Waals surface area contributed by atoms with Crippen LogP contribution in [0.4, 0.5) is 61.8 Å². The molecule has 0 bridgehead atoms. The number of aromatic nitrogens is 14. The average molecular weight is 1140 g/mol. The Bertz CT molecular complexity index is 3810. The van der Waals surface area contributed by atoms with Crippen LogP contribution in [0.25, 0.3) is 56.2 Å². The number of imidazole rings is 2. The number of alkyl halides is 6. The molecule has 82 heavy (non-hydrogen) atoms. The Balaban J connectivity index is 0.000000192. The van der Waals surface area contributed by atoms with E-state index in [2.05, 4.69) is 76.9 Å². The molecule has 0 saturated heterocycles. The lowest BCUT2D eigenvalue weighted by atomic mass is 10.0. The third-order valence-corrected chi connectivity index (χ3v) is 11.2. The maximum atomic E-state index is 12.0.